The van der Waals surface area contributed by atoms with Crippen LogP contribution in [-0.2, 0) is 98.3 Å². The molecule has 0 radical (unpaired) electrons. The summed E-state index contributed by atoms with van der Waals surface area (Å²) in [5.41, 5.74) is 1.84. The number of hydrogen-bond donors (Lipinski definition) is 12. The molecule has 7 saturated heterocycles. The number of alkyl halides is 7. The van der Waals surface area contributed by atoms with Crippen molar-refractivity contribution in [1.82, 2.24) is 0 Å². The van der Waals surface area contributed by atoms with E-state index in [1.165, 1.54) is 0 Å². The van der Waals surface area contributed by atoms with E-state index in [-0.39, 0.29) is 87.3 Å². The highest BCUT2D eigenvalue weighted by atomic mass is 31.2. The number of aliphatic hydroxyl groups is 3. The highest BCUT2D eigenvalue weighted by molar-refractivity contribution is 7.62. The third-order valence-corrected chi connectivity index (χ3v) is 23.2. The highest BCUT2D eigenvalue weighted by Gasteiger charge is 2.50. The summed E-state index contributed by atoms with van der Waals surface area (Å²) in [4.78, 5) is 82.0. The van der Waals surface area contributed by atoms with Gasteiger partial charge in [-0.25, -0.2) is 30.7 Å². The molecule has 760 valence electrons. The Morgan fingerprint density at radius 2 is 0.549 bits per heavy atom. The highest BCUT2D eigenvalue weighted by Crippen LogP contribution is 2.49. The van der Waals surface area contributed by atoms with Gasteiger partial charge < -0.3 is 126 Å². The first-order valence-corrected chi connectivity index (χ1v) is 55.4. The molecule has 0 saturated carbocycles. The Kier molecular flexibility index (Phi) is 47.0. The van der Waals surface area contributed by atoms with Crippen LogP contribution in [0.25, 0.3) is 0 Å². The normalized spacial score (nSPS) is 33.3. The quantitative estimate of drug-likeness (QED) is 0.0195. The average Bonchev–Trinajstić information content (AvgIpc) is 1.64. The Morgan fingerprint density at radius 1 is 0.323 bits per heavy atom. The number of benzene rings is 3. The van der Waals surface area contributed by atoms with Crippen LogP contribution >= 0.6 is 52.0 Å². The van der Waals surface area contributed by atoms with E-state index in [4.69, 9.17) is 111 Å². The van der Waals surface area contributed by atoms with Crippen LogP contribution in [-0.4, -0.2) is 290 Å². The third-order valence-electron chi connectivity index (χ3n) is 18.1. The molecule has 7 heterocycles. The Labute approximate surface area is 782 Å². The zero-order valence-electron chi connectivity index (χ0n) is 83.3. The molecule has 33 nitrogen and oxygen atoms in total. The van der Waals surface area contributed by atoms with Gasteiger partial charge >= 0.3 is 15.2 Å². The largest absolute Gasteiger partial charge is 0.386 e. The lowest BCUT2D eigenvalue weighted by Crippen LogP contribution is -2.32. The maximum atomic E-state index is 14.9. The van der Waals surface area contributed by atoms with E-state index in [0.717, 1.165) is 37.1 Å². The maximum absolute atomic E-state index is 14.9. The molecule has 0 aromatic heterocycles. The number of rotatable bonds is 34. The van der Waals surface area contributed by atoms with Gasteiger partial charge in [0.15, 0.2) is 43.2 Å². The minimum atomic E-state index is -4.55. The summed E-state index contributed by atoms with van der Waals surface area (Å²) in [6, 6.07) is 24.4. The summed E-state index contributed by atoms with van der Waals surface area (Å²) in [5, 5.41) is 26.2. The smallest absolute Gasteiger partial charge is 0.348 e. The molecule has 7 aliphatic heterocycles. The minimum Gasteiger partial charge on any atom is -0.386 e. The lowest BCUT2D eigenvalue weighted by molar-refractivity contribution is -0.0388. The molecule has 0 aliphatic carbocycles. The standard InChI is InChI=1S/C16H22FO5P.C16H22FO4P.C15H20FO5P.2C10H18FO5P.C10H18FO4P.C9H16FO5P/c1-11(2)21-16-13(8-9-23(19,20)10-18)22-15(14(16)17)12-6-4-3-5-7-12;1-11(2)20-16-13(9-10-22(3,18)19)21-15(14(16)17)12-7-5-4-6-8-12;1-10(2)20-15-12(8-9-22(17,18)19)21-14(13(15)16)11-6-4-3-5-7-11;2*1-7(2)16-10-8(11)5-15-9(10)3-4-17(13,14)6-12;1-7(2)15-10-8(11)6-14-9(10)4-5-16(3,12)13;1-6(2)15-9-7(10)5-14-8(9)3-4-16(11,12)13/h3-9,11,13-16,18H,10H2,1-2H3,(H,19,20);4-11,13-16H,1-3H3,(H,18,19);3-10,12-15H,1-2H3,(H2,17,18,19);2*3-4,7-10,12H,5-6H2,1-2H3,(H,13,14);4-5,7-10H,6H2,1-3H3,(H,12,13);3-4,6-9H,5H2,1-2H3,(H2,11,12,13)/b9-8+;10-9+;9-8+;2*4-3+;5-4+;4-3+/t2*13-,14+,15+,16-;12-,13+,14+,15-;3*8-,9+,10-;7-,8+,9-/m1110000/s1/i8D;9D;8D;4D;3D;5D;3D. The molecule has 5 unspecified atom stereocenters. The van der Waals surface area contributed by atoms with Crippen LogP contribution in [0.4, 0.5) is 30.7 Å². The van der Waals surface area contributed by atoms with Crippen LogP contribution < -0.4 is 0 Å². The Balaban J connectivity index is 0.000000342. The van der Waals surface area contributed by atoms with Crippen LogP contribution in [0.2, 0.25) is 0 Å². The van der Waals surface area contributed by atoms with E-state index in [1.807, 2.05) is 6.07 Å². The van der Waals surface area contributed by atoms with Gasteiger partial charge in [-0.15, -0.1) is 0 Å². The first-order valence-electron chi connectivity index (χ1n) is 45.6. The van der Waals surface area contributed by atoms with Crippen molar-refractivity contribution in [3.8, 4) is 0 Å². The second-order valence-corrected chi connectivity index (χ2v) is 46.0. The molecule has 3 aromatic carbocycles. The van der Waals surface area contributed by atoms with Gasteiger partial charge in [0, 0.05) is 42.4 Å². The zero-order chi connectivity index (χ0) is 107. The molecule has 29 atom stereocenters. The van der Waals surface area contributed by atoms with E-state index >= 15 is 0 Å². The molecule has 47 heteroatoms. The molecular weight excluding hydrogens is 1910 g/mol. The van der Waals surface area contributed by atoms with E-state index < -0.39 is 242 Å². The van der Waals surface area contributed by atoms with Gasteiger partial charge in [-0.2, -0.15) is 0 Å². The fourth-order valence-corrected chi connectivity index (χ4v) is 15.6. The number of aliphatic hydroxyl groups excluding tert-OH is 3. The molecule has 133 heavy (non-hydrogen) atoms. The van der Waals surface area contributed by atoms with Crippen molar-refractivity contribution in [1.29, 1.82) is 0 Å². The molecule has 0 spiro atoms. The van der Waals surface area contributed by atoms with Gasteiger partial charge in [0.2, 0.25) is 36.8 Å². The van der Waals surface area contributed by atoms with Crippen LogP contribution in [0.1, 0.15) is 142 Å². The van der Waals surface area contributed by atoms with E-state index in [2.05, 4.69) is 0 Å². The summed E-state index contributed by atoms with van der Waals surface area (Å²) in [7, 11) is -28.2. The summed E-state index contributed by atoms with van der Waals surface area (Å²) < 4.78 is 306. The zero-order valence-corrected chi connectivity index (χ0v) is 82.5. The molecule has 3 aromatic rings. The molecule has 12 N–H and O–H groups in total. The predicted octanol–water partition coefficient (Wildman–Crippen LogP) is 15.3. The fraction of sp³-hybridized carbons (Fsp3) is 0.628. The topological polar surface area (TPSA) is 491 Å². The second-order valence-electron chi connectivity index (χ2n) is 32.9. The van der Waals surface area contributed by atoms with Gasteiger partial charge in [0.1, 0.15) is 123 Å². The van der Waals surface area contributed by atoms with Gasteiger partial charge in [-0.05, 0) is 168 Å². The summed E-state index contributed by atoms with van der Waals surface area (Å²) in [5.74, 6) is 2.23. The van der Waals surface area contributed by atoms with E-state index in [1.54, 1.807) is 182 Å². The van der Waals surface area contributed by atoms with Gasteiger partial charge in [-0.1, -0.05) is 91.0 Å². The monoisotopic (exact) mass is 2050 g/mol. The van der Waals surface area contributed by atoms with Gasteiger partial charge in [-0.3, -0.25) is 32.0 Å². The van der Waals surface area contributed by atoms with Crippen molar-refractivity contribution < 1.29 is 198 Å². The Morgan fingerprint density at radius 3 is 0.797 bits per heavy atom. The lowest BCUT2D eigenvalue weighted by Gasteiger charge is -2.20. The number of ether oxygens (including phenoxy) is 14. The molecular formula is C86H134F7O33P7. The molecule has 10 rings (SSSR count). The van der Waals surface area contributed by atoms with E-state index in [9.17, 15) is 87.2 Å². The maximum Gasteiger partial charge on any atom is 0.348 e. The summed E-state index contributed by atoms with van der Waals surface area (Å²) in [6.45, 7) is 25.7. The van der Waals surface area contributed by atoms with Gasteiger partial charge in [0.05, 0.1) is 78.8 Å². The van der Waals surface area contributed by atoms with Gasteiger partial charge in [0.25, 0.3) is 0 Å². The summed E-state index contributed by atoms with van der Waals surface area (Å²) in [6.07, 6.45) is -29.1. The lowest BCUT2D eigenvalue weighted by atomic mass is 10.0. The van der Waals surface area contributed by atoms with Crippen molar-refractivity contribution in [2.45, 2.75) is 287 Å². The van der Waals surface area contributed by atoms with Crippen molar-refractivity contribution >= 4 is 52.0 Å². The van der Waals surface area contributed by atoms with Crippen molar-refractivity contribution in [3.05, 3.63) is 191 Å². The Hall–Kier alpha value is -4.08. The van der Waals surface area contributed by atoms with Crippen molar-refractivity contribution in [2.24, 2.45) is 0 Å². The molecule has 7 fully saturated rings. The fourth-order valence-electron chi connectivity index (χ4n) is 12.7. The summed E-state index contributed by atoms with van der Waals surface area (Å²) >= 11 is 0. The molecule has 0 bridgehead atoms. The first kappa shape index (κ1) is 109. The van der Waals surface area contributed by atoms with Crippen LogP contribution in [0.5, 0.6) is 0 Å². The van der Waals surface area contributed by atoms with Crippen molar-refractivity contribution in [3.63, 3.8) is 0 Å². The van der Waals surface area contributed by atoms with Crippen LogP contribution in [0.3, 0.4) is 0 Å². The third kappa shape index (κ3) is 45.6. The number of hydrogen-bond acceptors (Lipinski definition) is 24. The minimum absolute atomic E-state index is 0.120. The van der Waals surface area contributed by atoms with E-state index in [0.29, 0.717) is 34.1 Å². The molecule has 0 amide bonds. The average molecular weight is 2050 g/mol. The predicted molar refractivity (Wildman–Crippen MR) is 486 cm³/mol. The second kappa shape index (κ2) is 57.1. The van der Waals surface area contributed by atoms with Crippen LogP contribution in [0.15, 0.2) is 174 Å². The SMILES string of the molecule is [2H]/C(=C\P(=O)(O)CO)[C@H]1OC[C@H](F)[C@@H]1OC(C)C.[2H]/C(=C\P(=O)(O)CO)[C@H]1O[C@@H](c2ccccc2)[C@H](F)[C@@H]1OC(C)C.[2H]/C(=C\P(=O)(O)O)[C@H]1OC[C@H](F)[C@@H]1OC(C)C.[2H]/C(=C\P(=O)(O)O)[C@H]1O[C@@H](c2ccccc2)[C@H](F)[C@@H]1OC(C)C.[2H]/C(=C\P(C)(=O)O)[C@H]1O[C@@H](c2ccccc2)[C@H](F)[C@@H]1OC(C)C.[2H]/C(=C\[C@H]1OC[C@H](F)[C@@H]1OC(C)C)P(=O)(O)CO.[2H]/C(=C\[C@H]1OC[C@H](F)[C@@H]1OC(C)C)P(C)(=O)O. The number of halogens is 7. The Bertz CT molecular complexity index is 4770. The molecule has 7 aliphatic rings. The first-order chi connectivity index (χ1) is 64.6. The van der Waals surface area contributed by atoms with Crippen LogP contribution in [0, 0.1) is 0 Å². The van der Waals surface area contributed by atoms with Crippen molar-refractivity contribution in [2.75, 3.05) is 58.8 Å².